The molecule has 2 aliphatic heterocycles. The molecule has 6 nitrogen and oxygen atoms in total. The summed E-state index contributed by atoms with van der Waals surface area (Å²) in [5, 5.41) is 11.4. The second-order valence-electron chi connectivity index (χ2n) is 9.05. The zero-order chi connectivity index (χ0) is 21.9. The second-order valence-corrected chi connectivity index (χ2v) is 9.05. The van der Waals surface area contributed by atoms with Crippen molar-refractivity contribution in [3.63, 3.8) is 0 Å². The number of amides is 1. The summed E-state index contributed by atoms with van der Waals surface area (Å²) in [6.07, 6.45) is 4.60. The molecule has 2 N–H and O–H groups in total. The largest absolute Gasteiger partial charge is 0.363 e. The van der Waals surface area contributed by atoms with Crippen molar-refractivity contribution < 1.29 is 4.79 Å². The van der Waals surface area contributed by atoms with E-state index in [1.54, 1.807) is 6.20 Å². The molecule has 3 heterocycles. The Balaban J connectivity index is 1.21. The fraction of sp³-hybridized carbons (Fsp3) is 0.385. The van der Waals surface area contributed by atoms with E-state index in [0.29, 0.717) is 5.56 Å². The Morgan fingerprint density at radius 1 is 1.06 bits per heavy atom. The van der Waals surface area contributed by atoms with Gasteiger partial charge >= 0.3 is 0 Å². The molecule has 0 spiro atoms. The van der Waals surface area contributed by atoms with Gasteiger partial charge in [-0.1, -0.05) is 60.7 Å². The van der Waals surface area contributed by atoms with E-state index in [9.17, 15) is 4.79 Å². The molecule has 6 heteroatoms. The fourth-order valence-electron chi connectivity index (χ4n) is 4.92. The van der Waals surface area contributed by atoms with Gasteiger partial charge in [0.05, 0.1) is 18.3 Å². The van der Waals surface area contributed by atoms with Gasteiger partial charge in [0.2, 0.25) is 0 Å². The average Bonchev–Trinajstić information content (AvgIpc) is 3.26. The average molecular weight is 430 g/mol. The third-order valence-corrected chi connectivity index (χ3v) is 6.72. The van der Waals surface area contributed by atoms with E-state index in [1.807, 2.05) is 10.7 Å². The zero-order valence-corrected chi connectivity index (χ0v) is 18.6. The Bertz CT molecular complexity index is 1040. The molecule has 1 saturated heterocycles. The van der Waals surface area contributed by atoms with Gasteiger partial charge in [0.1, 0.15) is 11.4 Å². The Hall–Kier alpha value is -3.12. The molecule has 1 amide bonds. The molecule has 2 aromatic carbocycles. The van der Waals surface area contributed by atoms with Crippen molar-refractivity contribution in [2.75, 3.05) is 18.4 Å². The topological polar surface area (TPSA) is 62.2 Å². The van der Waals surface area contributed by atoms with Crippen LogP contribution in [0.15, 0.2) is 66.9 Å². The minimum absolute atomic E-state index is 0.0267. The summed E-state index contributed by atoms with van der Waals surface area (Å²) in [6, 6.07) is 21.6. The van der Waals surface area contributed by atoms with E-state index in [4.69, 9.17) is 0 Å². The number of piperidine rings is 1. The summed E-state index contributed by atoms with van der Waals surface area (Å²) in [6.45, 7) is 5.13. The summed E-state index contributed by atoms with van der Waals surface area (Å²) in [4.78, 5) is 15.6. The van der Waals surface area contributed by atoms with Gasteiger partial charge in [0.15, 0.2) is 0 Å². The van der Waals surface area contributed by atoms with E-state index < -0.39 is 0 Å². The van der Waals surface area contributed by atoms with Gasteiger partial charge < -0.3 is 10.6 Å². The van der Waals surface area contributed by atoms with Crippen LogP contribution in [0.2, 0.25) is 0 Å². The first kappa shape index (κ1) is 20.8. The van der Waals surface area contributed by atoms with Crippen LogP contribution in [-0.2, 0) is 6.54 Å². The molecule has 32 heavy (non-hydrogen) atoms. The number of hydrogen-bond donors (Lipinski definition) is 2. The highest BCUT2D eigenvalue weighted by Crippen LogP contribution is 2.36. The lowest BCUT2D eigenvalue weighted by atomic mass is 9.98. The van der Waals surface area contributed by atoms with Crippen LogP contribution in [0.4, 0.5) is 5.82 Å². The number of anilines is 1. The summed E-state index contributed by atoms with van der Waals surface area (Å²) in [5.41, 5.74) is 3.22. The molecule has 2 aliphatic rings. The van der Waals surface area contributed by atoms with Gasteiger partial charge in [-0.15, -0.1) is 0 Å². The van der Waals surface area contributed by atoms with Gasteiger partial charge in [0.25, 0.3) is 5.91 Å². The summed E-state index contributed by atoms with van der Waals surface area (Å²) in [7, 11) is 0. The maximum absolute atomic E-state index is 13.2. The molecule has 1 fully saturated rings. The molecular weight excluding hydrogens is 398 g/mol. The molecule has 2 atom stereocenters. The fourth-order valence-corrected chi connectivity index (χ4v) is 4.92. The van der Waals surface area contributed by atoms with Crippen molar-refractivity contribution >= 4 is 11.7 Å². The number of likely N-dealkylation sites (tertiary alicyclic amines) is 1. The number of rotatable bonds is 5. The Labute approximate surface area is 189 Å². The van der Waals surface area contributed by atoms with Crippen LogP contribution in [0.25, 0.3) is 0 Å². The summed E-state index contributed by atoms with van der Waals surface area (Å²) >= 11 is 0. The number of hydrogen-bond acceptors (Lipinski definition) is 4. The highest BCUT2D eigenvalue weighted by molar-refractivity contribution is 5.99. The third kappa shape index (κ3) is 4.41. The van der Waals surface area contributed by atoms with E-state index in [2.05, 4.69) is 82.2 Å². The molecular formula is C26H31N5O. The van der Waals surface area contributed by atoms with Crippen molar-refractivity contribution in [3.05, 3.63) is 83.6 Å². The number of carbonyl (C=O) groups is 1. The van der Waals surface area contributed by atoms with Gasteiger partial charge in [0, 0.05) is 25.7 Å². The minimum atomic E-state index is -0.0267. The van der Waals surface area contributed by atoms with E-state index >= 15 is 0 Å². The van der Waals surface area contributed by atoms with Crippen molar-refractivity contribution in [1.82, 2.24) is 20.0 Å². The highest BCUT2D eigenvalue weighted by Gasteiger charge is 2.30. The van der Waals surface area contributed by atoms with Crippen molar-refractivity contribution in [2.45, 2.75) is 50.9 Å². The molecule has 0 saturated carbocycles. The van der Waals surface area contributed by atoms with E-state index in [-0.39, 0.29) is 24.0 Å². The SMILES string of the molecule is CC1CC(c2ccccc2)Nc2c(C(=O)NC3CCN(Cc4ccccc4)CC3)cnn21. The smallest absolute Gasteiger partial charge is 0.256 e. The number of carbonyl (C=O) groups excluding carboxylic acids is 1. The molecule has 1 aromatic heterocycles. The standard InChI is InChI=1S/C26H31N5O/c1-19-16-24(21-10-6-3-7-11-21)29-25-23(17-27-31(19)25)26(32)28-22-12-14-30(15-13-22)18-20-8-4-2-5-9-20/h2-11,17,19,22,24,29H,12-16,18H2,1H3,(H,28,32). The van der Waals surface area contributed by atoms with Crippen molar-refractivity contribution in [3.8, 4) is 0 Å². The van der Waals surface area contributed by atoms with Crippen LogP contribution < -0.4 is 10.6 Å². The van der Waals surface area contributed by atoms with Crippen LogP contribution in [0.5, 0.6) is 0 Å². The summed E-state index contributed by atoms with van der Waals surface area (Å²) in [5.74, 6) is 0.804. The zero-order valence-electron chi connectivity index (χ0n) is 18.6. The second kappa shape index (κ2) is 9.17. The highest BCUT2D eigenvalue weighted by atomic mass is 16.1. The summed E-state index contributed by atoms with van der Waals surface area (Å²) < 4.78 is 1.96. The molecule has 0 aliphatic carbocycles. The molecule has 3 aromatic rings. The minimum Gasteiger partial charge on any atom is -0.363 e. The Kier molecular flexibility index (Phi) is 5.95. The maximum atomic E-state index is 13.2. The van der Waals surface area contributed by atoms with Crippen LogP contribution >= 0.6 is 0 Å². The Morgan fingerprint density at radius 2 is 1.75 bits per heavy atom. The van der Waals surface area contributed by atoms with Crippen molar-refractivity contribution in [1.29, 1.82) is 0 Å². The van der Waals surface area contributed by atoms with Crippen LogP contribution in [0.3, 0.4) is 0 Å². The van der Waals surface area contributed by atoms with Crippen molar-refractivity contribution in [2.24, 2.45) is 0 Å². The normalized spacial score (nSPS) is 21.5. The molecule has 5 rings (SSSR count). The van der Waals surface area contributed by atoms with Gasteiger partial charge in [-0.25, -0.2) is 4.68 Å². The predicted molar refractivity (Wildman–Crippen MR) is 127 cm³/mol. The lowest BCUT2D eigenvalue weighted by Gasteiger charge is -2.33. The predicted octanol–water partition coefficient (Wildman–Crippen LogP) is 4.40. The van der Waals surface area contributed by atoms with Gasteiger partial charge in [-0.3, -0.25) is 9.69 Å². The van der Waals surface area contributed by atoms with E-state index in [1.165, 1.54) is 11.1 Å². The van der Waals surface area contributed by atoms with Crippen LogP contribution in [-0.4, -0.2) is 39.7 Å². The number of benzene rings is 2. The van der Waals surface area contributed by atoms with Crippen LogP contribution in [0.1, 0.15) is 59.8 Å². The lowest BCUT2D eigenvalue weighted by Crippen LogP contribution is -2.44. The molecule has 0 bridgehead atoms. The first-order valence-corrected chi connectivity index (χ1v) is 11.6. The number of nitrogens with one attached hydrogen (secondary N) is 2. The molecule has 0 radical (unpaired) electrons. The first-order chi connectivity index (χ1) is 15.7. The monoisotopic (exact) mass is 429 g/mol. The number of fused-ring (bicyclic) bond motifs is 1. The molecule has 2 unspecified atom stereocenters. The quantitative estimate of drug-likeness (QED) is 0.631. The van der Waals surface area contributed by atoms with Gasteiger partial charge in [-0.05, 0) is 37.3 Å². The van der Waals surface area contributed by atoms with Gasteiger partial charge in [-0.2, -0.15) is 5.10 Å². The third-order valence-electron chi connectivity index (χ3n) is 6.72. The number of nitrogens with zero attached hydrogens (tertiary/aromatic N) is 3. The van der Waals surface area contributed by atoms with Crippen LogP contribution in [0, 0.1) is 0 Å². The van der Waals surface area contributed by atoms with E-state index in [0.717, 1.165) is 44.7 Å². The first-order valence-electron chi connectivity index (χ1n) is 11.6. The maximum Gasteiger partial charge on any atom is 0.256 e. The Morgan fingerprint density at radius 3 is 2.47 bits per heavy atom. The molecule has 166 valence electrons. The number of aromatic nitrogens is 2. The lowest BCUT2D eigenvalue weighted by molar-refractivity contribution is 0.0909.